The molecule has 190 valence electrons. The highest BCUT2D eigenvalue weighted by atomic mass is 16.9. The first-order valence-corrected chi connectivity index (χ1v) is 9.92. The molecule has 0 aromatic rings. The third-order valence-corrected chi connectivity index (χ3v) is 3.54. The number of esters is 3. The third kappa shape index (κ3) is 15.0. The van der Waals surface area contributed by atoms with Gasteiger partial charge in [-0.2, -0.15) is 0 Å². The number of carbonyl (C=O) groups is 4. The molecular formula is C19H32N2O12. The summed E-state index contributed by atoms with van der Waals surface area (Å²) in [5, 5.41) is 23.4. The standard InChI is InChI=1S/C19H32N2O12/c1-12(22)20-17(19(26)31-11-10-29-9-7-21(27)28-5)18(33-15(4)25)16(32-14(3)24)6-8-30-13(2)23/h16,19,21,26H,6-11H2,1-5H3,(H,20,22)/b18-17-. The summed E-state index contributed by atoms with van der Waals surface area (Å²) in [5.41, 5.74) is -0.388. The van der Waals surface area contributed by atoms with Crippen molar-refractivity contribution in [2.45, 2.75) is 46.5 Å². The van der Waals surface area contributed by atoms with Crippen LogP contribution in [0.25, 0.3) is 0 Å². The Hall–Kier alpha value is -2.62. The number of aliphatic hydroxyl groups excluding tert-OH is 1. The molecule has 0 aliphatic heterocycles. The van der Waals surface area contributed by atoms with Gasteiger partial charge in [0.2, 0.25) is 5.91 Å². The van der Waals surface area contributed by atoms with Crippen molar-refractivity contribution in [3.8, 4) is 0 Å². The van der Waals surface area contributed by atoms with E-state index in [2.05, 4.69) is 10.2 Å². The second-order valence-corrected chi connectivity index (χ2v) is 6.44. The van der Waals surface area contributed by atoms with E-state index in [1.165, 1.54) is 14.0 Å². The maximum atomic E-state index is 11.7. The van der Waals surface area contributed by atoms with Crippen molar-refractivity contribution in [2.75, 3.05) is 40.1 Å². The number of amides is 1. The average molecular weight is 480 g/mol. The molecule has 33 heavy (non-hydrogen) atoms. The smallest absolute Gasteiger partial charge is 0.307 e. The summed E-state index contributed by atoms with van der Waals surface area (Å²) in [7, 11) is 1.24. The van der Waals surface area contributed by atoms with E-state index in [0.29, 0.717) is 0 Å². The summed E-state index contributed by atoms with van der Waals surface area (Å²) in [6.07, 6.45) is -3.27. The second kappa shape index (κ2) is 16.9. The molecule has 0 saturated heterocycles. The molecule has 0 aliphatic rings. The minimum atomic E-state index is -1.82. The number of ether oxygens (including phenoxy) is 5. The maximum Gasteiger partial charge on any atom is 0.307 e. The lowest BCUT2D eigenvalue weighted by Gasteiger charge is -2.25. The average Bonchev–Trinajstić information content (AvgIpc) is 2.71. The maximum absolute atomic E-state index is 11.7. The normalized spacial score (nSPS) is 14.4. The van der Waals surface area contributed by atoms with Crippen LogP contribution in [0.3, 0.4) is 0 Å². The number of nitrogens with one attached hydrogen (secondary N) is 2. The van der Waals surface area contributed by atoms with Crippen molar-refractivity contribution in [2.24, 2.45) is 0 Å². The Morgan fingerprint density at radius 2 is 1.64 bits per heavy atom. The van der Waals surface area contributed by atoms with Gasteiger partial charge in [-0.3, -0.25) is 19.2 Å². The molecule has 3 unspecified atom stereocenters. The lowest BCUT2D eigenvalue weighted by Crippen LogP contribution is -3.06. The molecule has 14 nitrogen and oxygen atoms in total. The van der Waals surface area contributed by atoms with E-state index < -0.39 is 47.2 Å². The number of aliphatic hydroxyl groups is 1. The zero-order valence-corrected chi connectivity index (χ0v) is 19.3. The Bertz CT molecular complexity index is 682. The van der Waals surface area contributed by atoms with E-state index in [-0.39, 0.29) is 45.1 Å². The van der Waals surface area contributed by atoms with Crippen molar-refractivity contribution in [1.82, 2.24) is 5.32 Å². The molecule has 0 radical (unpaired) electrons. The third-order valence-electron chi connectivity index (χ3n) is 3.54. The zero-order valence-electron chi connectivity index (χ0n) is 19.3. The van der Waals surface area contributed by atoms with Gasteiger partial charge in [0.1, 0.15) is 12.2 Å². The first-order valence-electron chi connectivity index (χ1n) is 9.92. The fraction of sp³-hybridized carbons (Fsp3) is 0.684. The summed E-state index contributed by atoms with van der Waals surface area (Å²) in [6, 6.07) is 0. The zero-order chi connectivity index (χ0) is 25.4. The van der Waals surface area contributed by atoms with Crippen LogP contribution in [0, 0.1) is 5.21 Å². The van der Waals surface area contributed by atoms with E-state index >= 15 is 0 Å². The number of carbonyl (C=O) groups excluding carboxylic acids is 4. The summed E-state index contributed by atoms with van der Waals surface area (Å²) < 4.78 is 25.5. The van der Waals surface area contributed by atoms with Gasteiger partial charge in [-0.05, 0) is 0 Å². The van der Waals surface area contributed by atoms with Crippen LogP contribution < -0.4 is 10.5 Å². The minimum absolute atomic E-state index is 0.0237. The Kier molecular flexibility index (Phi) is 15.6. The molecule has 0 bridgehead atoms. The fourth-order valence-corrected chi connectivity index (χ4v) is 2.30. The molecule has 0 aromatic carbocycles. The van der Waals surface area contributed by atoms with Gasteiger partial charge in [0.05, 0.1) is 33.5 Å². The van der Waals surface area contributed by atoms with Gasteiger partial charge in [0.25, 0.3) is 0 Å². The van der Waals surface area contributed by atoms with Crippen molar-refractivity contribution in [3.05, 3.63) is 16.7 Å². The van der Waals surface area contributed by atoms with Crippen molar-refractivity contribution < 1.29 is 58.0 Å². The number of hydrogen-bond donors (Lipinski definition) is 3. The summed E-state index contributed by atoms with van der Waals surface area (Å²) in [6.45, 7) is 4.14. The highest BCUT2D eigenvalue weighted by Gasteiger charge is 2.30. The van der Waals surface area contributed by atoms with E-state index in [4.69, 9.17) is 23.7 Å². The predicted molar refractivity (Wildman–Crippen MR) is 108 cm³/mol. The molecule has 0 spiro atoms. The van der Waals surface area contributed by atoms with Gasteiger partial charge >= 0.3 is 17.9 Å². The van der Waals surface area contributed by atoms with Crippen LogP contribution in [-0.2, 0) is 47.7 Å². The quantitative estimate of drug-likeness (QED) is 0.0556. The van der Waals surface area contributed by atoms with Crippen molar-refractivity contribution >= 4 is 23.8 Å². The number of quaternary nitrogens is 1. The highest BCUT2D eigenvalue weighted by Crippen LogP contribution is 2.20. The highest BCUT2D eigenvalue weighted by molar-refractivity contribution is 5.75. The molecule has 0 rings (SSSR count). The summed E-state index contributed by atoms with van der Waals surface area (Å²) in [4.78, 5) is 50.5. The summed E-state index contributed by atoms with van der Waals surface area (Å²) >= 11 is 0. The monoisotopic (exact) mass is 480 g/mol. The molecule has 3 N–H and O–H groups in total. The molecule has 0 fully saturated rings. The topological polar surface area (TPSA) is 183 Å². The molecule has 0 heterocycles. The Labute approximate surface area is 191 Å². The first-order chi connectivity index (χ1) is 15.5. The van der Waals surface area contributed by atoms with Gasteiger partial charge < -0.3 is 39.3 Å². The lowest BCUT2D eigenvalue weighted by atomic mass is 10.1. The first kappa shape index (κ1) is 30.4. The van der Waals surface area contributed by atoms with Gasteiger partial charge in [-0.1, -0.05) is 0 Å². The molecule has 0 saturated carbocycles. The summed E-state index contributed by atoms with van der Waals surface area (Å²) in [5.74, 6) is -3.24. The van der Waals surface area contributed by atoms with Crippen LogP contribution in [0.15, 0.2) is 11.5 Å². The Morgan fingerprint density at radius 1 is 0.970 bits per heavy atom. The fourth-order valence-electron chi connectivity index (χ4n) is 2.30. The molecule has 0 aromatic heterocycles. The largest absolute Gasteiger partial charge is 0.600 e. The van der Waals surface area contributed by atoms with E-state index in [0.717, 1.165) is 20.8 Å². The van der Waals surface area contributed by atoms with Crippen molar-refractivity contribution in [3.63, 3.8) is 0 Å². The van der Waals surface area contributed by atoms with Crippen LogP contribution in [0.1, 0.15) is 34.1 Å². The predicted octanol–water partition coefficient (Wildman–Crippen LogP) is -1.92. The van der Waals surface area contributed by atoms with E-state index in [9.17, 15) is 29.5 Å². The van der Waals surface area contributed by atoms with Crippen LogP contribution >= 0.6 is 0 Å². The van der Waals surface area contributed by atoms with E-state index in [1.807, 2.05) is 0 Å². The SMILES string of the molecule is CO[NH+]([O-])CCOCCOC(O)/C(NC(C)=O)=C(/OC(C)=O)C(CCOC(C)=O)OC(C)=O. The number of hydroxylamine groups is 2. The van der Waals surface area contributed by atoms with Gasteiger partial charge in [0.15, 0.2) is 18.2 Å². The molecule has 1 amide bonds. The molecule has 0 aliphatic carbocycles. The number of hydrogen-bond acceptors (Lipinski definition) is 12. The van der Waals surface area contributed by atoms with Crippen LogP contribution in [0.4, 0.5) is 0 Å². The Morgan fingerprint density at radius 3 is 2.15 bits per heavy atom. The van der Waals surface area contributed by atoms with E-state index in [1.54, 1.807) is 0 Å². The number of rotatable bonds is 16. The van der Waals surface area contributed by atoms with Gasteiger partial charge in [0, 0.05) is 34.1 Å². The molecule has 3 atom stereocenters. The van der Waals surface area contributed by atoms with Gasteiger partial charge in [-0.25, -0.2) is 10.1 Å². The van der Waals surface area contributed by atoms with Crippen molar-refractivity contribution in [1.29, 1.82) is 0 Å². The van der Waals surface area contributed by atoms with Crippen LogP contribution in [0.5, 0.6) is 0 Å². The molecule has 14 heteroatoms. The Balaban J connectivity index is 5.58. The van der Waals surface area contributed by atoms with Gasteiger partial charge in [-0.15, -0.1) is 0 Å². The van der Waals surface area contributed by atoms with Crippen LogP contribution in [-0.4, -0.2) is 81.4 Å². The second-order valence-electron chi connectivity index (χ2n) is 6.44. The van der Waals surface area contributed by atoms with Crippen LogP contribution in [0.2, 0.25) is 0 Å². The minimum Gasteiger partial charge on any atom is -0.600 e. The lowest BCUT2D eigenvalue weighted by molar-refractivity contribution is -1.05. The molecular weight excluding hydrogens is 448 g/mol.